The van der Waals surface area contributed by atoms with Crippen LogP contribution in [0.2, 0.25) is 5.02 Å². The van der Waals surface area contributed by atoms with Crippen molar-refractivity contribution >= 4 is 34.4 Å². The Morgan fingerprint density at radius 1 is 1.19 bits per heavy atom. The Morgan fingerprint density at radius 2 is 1.92 bits per heavy atom. The summed E-state index contributed by atoms with van der Waals surface area (Å²) in [5, 5.41) is 8.02. The Bertz CT molecular complexity index is 921. The highest BCUT2D eigenvalue weighted by Gasteiger charge is 2.15. The minimum Gasteiger partial charge on any atom is -0.455 e. The molecule has 1 N–H and O–H groups in total. The quantitative estimate of drug-likeness (QED) is 0.670. The lowest BCUT2D eigenvalue weighted by atomic mass is 10.1. The zero-order valence-corrected chi connectivity index (χ0v) is 14.8. The van der Waals surface area contributed by atoms with Crippen molar-refractivity contribution in [3.8, 4) is 0 Å². The first-order valence-electron chi connectivity index (χ1n) is 8.06. The van der Waals surface area contributed by atoms with Crippen molar-refractivity contribution in [2.75, 3.05) is 6.61 Å². The normalized spacial score (nSPS) is 11.9. The molecule has 0 bridgehead atoms. The molecular formula is C19H17ClN2O4. The van der Waals surface area contributed by atoms with Crippen LogP contribution in [0.3, 0.4) is 0 Å². The van der Waals surface area contributed by atoms with E-state index < -0.39 is 5.97 Å². The van der Waals surface area contributed by atoms with Crippen LogP contribution in [0.1, 0.15) is 24.2 Å². The Balaban J connectivity index is 1.49. The third kappa shape index (κ3) is 4.40. The van der Waals surface area contributed by atoms with Crippen LogP contribution in [0.15, 0.2) is 53.1 Å². The van der Waals surface area contributed by atoms with Crippen molar-refractivity contribution in [1.29, 1.82) is 0 Å². The highest BCUT2D eigenvalue weighted by Crippen LogP contribution is 2.18. The van der Waals surface area contributed by atoms with E-state index in [0.717, 1.165) is 10.9 Å². The van der Waals surface area contributed by atoms with Gasteiger partial charge in [-0.3, -0.25) is 9.59 Å². The van der Waals surface area contributed by atoms with Gasteiger partial charge in [0.2, 0.25) is 0 Å². The van der Waals surface area contributed by atoms with Crippen LogP contribution in [0.25, 0.3) is 11.0 Å². The number of carbonyl (C=O) groups is 2. The number of benzene rings is 2. The molecule has 3 rings (SSSR count). The summed E-state index contributed by atoms with van der Waals surface area (Å²) in [6, 6.07) is 14.2. The number of hydrogen-bond acceptors (Lipinski definition) is 5. The van der Waals surface area contributed by atoms with Crippen molar-refractivity contribution in [2.45, 2.75) is 19.4 Å². The Hall–Kier alpha value is -2.86. The predicted octanol–water partition coefficient (Wildman–Crippen LogP) is 3.44. The third-order valence-corrected chi connectivity index (χ3v) is 4.13. The third-order valence-electron chi connectivity index (χ3n) is 3.88. The highest BCUT2D eigenvalue weighted by molar-refractivity contribution is 6.30. The molecule has 2 aromatic carbocycles. The first-order chi connectivity index (χ1) is 12.5. The topological polar surface area (TPSA) is 81.4 Å². The van der Waals surface area contributed by atoms with E-state index in [1.165, 1.54) is 0 Å². The maximum absolute atomic E-state index is 12.0. The van der Waals surface area contributed by atoms with Gasteiger partial charge >= 0.3 is 5.97 Å². The fourth-order valence-corrected chi connectivity index (χ4v) is 2.64. The molecule has 0 aliphatic carbocycles. The molecule has 0 saturated heterocycles. The number of ether oxygens (including phenoxy) is 1. The molecule has 0 aliphatic heterocycles. The number of carbonyl (C=O) groups excluding carboxylic acids is 2. The maximum Gasteiger partial charge on any atom is 0.312 e. The lowest BCUT2D eigenvalue weighted by Crippen LogP contribution is -2.31. The fourth-order valence-electron chi connectivity index (χ4n) is 2.52. The van der Waals surface area contributed by atoms with Crippen LogP contribution in [0, 0.1) is 0 Å². The molecule has 6 nitrogen and oxygen atoms in total. The summed E-state index contributed by atoms with van der Waals surface area (Å²) in [6.45, 7) is 1.48. The molecule has 0 fully saturated rings. The number of halogens is 1. The molecule has 1 amide bonds. The molecule has 26 heavy (non-hydrogen) atoms. The molecule has 134 valence electrons. The first-order valence-corrected chi connectivity index (χ1v) is 8.44. The number of para-hydroxylation sites is 1. The number of amides is 1. The van der Waals surface area contributed by atoms with Gasteiger partial charge < -0.3 is 14.6 Å². The van der Waals surface area contributed by atoms with E-state index in [-0.39, 0.29) is 25.0 Å². The minimum absolute atomic E-state index is 0.0585. The van der Waals surface area contributed by atoms with Gasteiger partial charge in [0.25, 0.3) is 5.91 Å². The molecule has 1 aromatic heterocycles. The van der Waals surface area contributed by atoms with Gasteiger partial charge in [-0.2, -0.15) is 0 Å². The van der Waals surface area contributed by atoms with Crippen LogP contribution in [-0.2, 0) is 20.7 Å². The number of esters is 1. The molecular weight excluding hydrogens is 356 g/mol. The molecule has 1 heterocycles. The summed E-state index contributed by atoms with van der Waals surface area (Å²) in [5.41, 5.74) is 1.99. The molecule has 1 atom stereocenters. The van der Waals surface area contributed by atoms with Gasteiger partial charge in [0.15, 0.2) is 12.2 Å². The first kappa shape index (κ1) is 17.9. The molecule has 0 aliphatic rings. The van der Waals surface area contributed by atoms with Gasteiger partial charge in [0.1, 0.15) is 5.69 Å². The van der Waals surface area contributed by atoms with Crippen molar-refractivity contribution in [1.82, 2.24) is 10.5 Å². The lowest BCUT2D eigenvalue weighted by Gasteiger charge is -2.14. The molecule has 3 aromatic rings. The molecule has 7 heteroatoms. The highest BCUT2D eigenvalue weighted by atomic mass is 35.5. The summed E-state index contributed by atoms with van der Waals surface area (Å²) in [4.78, 5) is 23.9. The zero-order chi connectivity index (χ0) is 18.5. The smallest absolute Gasteiger partial charge is 0.312 e. The van der Waals surface area contributed by atoms with Crippen molar-refractivity contribution in [2.24, 2.45) is 0 Å². The Morgan fingerprint density at radius 3 is 2.69 bits per heavy atom. The van der Waals surface area contributed by atoms with Gasteiger partial charge in [-0.05, 0) is 36.8 Å². The van der Waals surface area contributed by atoms with Gasteiger partial charge in [-0.25, -0.2) is 0 Å². The number of nitrogens with one attached hydrogen (secondary N) is 1. The average molecular weight is 373 g/mol. The SMILES string of the molecule is C[C@@H](NC(=O)COC(=O)Cc1noc2ccccc12)c1ccc(Cl)cc1. The summed E-state index contributed by atoms with van der Waals surface area (Å²) in [5.74, 6) is -0.927. The van der Waals surface area contributed by atoms with Crippen molar-refractivity contribution in [3.05, 3.63) is 64.8 Å². The number of aromatic nitrogens is 1. The van der Waals surface area contributed by atoms with Crippen LogP contribution >= 0.6 is 11.6 Å². The number of fused-ring (bicyclic) bond motifs is 1. The second-order valence-corrected chi connectivity index (χ2v) is 6.24. The van der Waals surface area contributed by atoms with E-state index in [4.69, 9.17) is 20.9 Å². The summed E-state index contributed by atoms with van der Waals surface area (Å²) in [6.07, 6.45) is -0.0585. The number of nitrogens with zero attached hydrogens (tertiary/aromatic N) is 1. The van der Waals surface area contributed by atoms with Gasteiger partial charge in [0, 0.05) is 10.4 Å². The maximum atomic E-state index is 12.0. The second-order valence-electron chi connectivity index (χ2n) is 5.80. The van der Waals surface area contributed by atoms with Crippen molar-refractivity contribution < 1.29 is 18.8 Å². The van der Waals surface area contributed by atoms with Crippen molar-refractivity contribution in [3.63, 3.8) is 0 Å². The van der Waals surface area contributed by atoms with Crippen LogP contribution in [-0.4, -0.2) is 23.6 Å². The fraction of sp³-hybridized carbons (Fsp3) is 0.211. The van der Waals surface area contributed by atoms with E-state index in [1.54, 1.807) is 18.2 Å². The average Bonchev–Trinajstić information content (AvgIpc) is 3.03. The van der Waals surface area contributed by atoms with Crippen LogP contribution < -0.4 is 5.32 Å². The van der Waals surface area contributed by atoms with Gasteiger partial charge in [-0.15, -0.1) is 0 Å². The Labute approximate surface area is 155 Å². The lowest BCUT2D eigenvalue weighted by molar-refractivity contribution is -0.148. The van der Waals surface area contributed by atoms with E-state index in [1.807, 2.05) is 37.3 Å². The monoisotopic (exact) mass is 372 g/mol. The van der Waals surface area contributed by atoms with Gasteiger partial charge in [0.05, 0.1) is 12.5 Å². The summed E-state index contributed by atoms with van der Waals surface area (Å²) in [7, 11) is 0. The standard InChI is InChI=1S/C19H17ClN2O4/c1-12(13-6-8-14(20)9-7-13)21-18(23)11-25-19(24)10-16-15-4-2-3-5-17(15)26-22-16/h2-9,12H,10-11H2,1H3,(H,21,23)/t12-/m1/s1. The van der Waals surface area contributed by atoms with E-state index in [9.17, 15) is 9.59 Å². The summed E-state index contributed by atoms with van der Waals surface area (Å²) < 4.78 is 10.2. The zero-order valence-electron chi connectivity index (χ0n) is 14.1. The van der Waals surface area contributed by atoms with Crippen LogP contribution in [0.5, 0.6) is 0 Å². The second kappa shape index (κ2) is 8.01. The largest absolute Gasteiger partial charge is 0.455 e. The number of hydrogen-bond donors (Lipinski definition) is 1. The van der Waals surface area contributed by atoms with Crippen LogP contribution in [0.4, 0.5) is 0 Å². The number of rotatable bonds is 6. The minimum atomic E-state index is -0.543. The Kier molecular flexibility index (Phi) is 5.53. The van der Waals surface area contributed by atoms with E-state index in [0.29, 0.717) is 16.3 Å². The summed E-state index contributed by atoms with van der Waals surface area (Å²) >= 11 is 5.84. The van der Waals surface area contributed by atoms with Gasteiger partial charge in [-0.1, -0.05) is 41.0 Å². The molecule has 0 radical (unpaired) electrons. The predicted molar refractivity (Wildman–Crippen MR) is 96.7 cm³/mol. The van der Waals surface area contributed by atoms with E-state index >= 15 is 0 Å². The molecule has 0 spiro atoms. The van der Waals surface area contributed by atoms with E-state index in [2.05, 4.69) is 10.5 Å². The molecule has 0 saturated carbocycles. The molecule has 0 unspecified atom stereocenters.